The van der Waals surface area contributed by atoms with Crippen LogP contribution >= 0.6 is 0 Å². The van der Waals surface area contributed by atoms with Gasteiger partial charge in [-0.15, -0.1) is 0 Å². The van der Waals surface area contributed by atoms with E-state index >= 15 is 0 Å². The van der Waals surface area contributed by atoms with Gasteiger partial charge >= 0.3 is 0 Å². The molecule has 1 aliphatic rings. The first kappa shape index (κ1) is 19.4. The van der Waals surface area contributed by atoms with Gasteiger partial charge in [-0.3, -0.25) is 4.79 Å². The molecule has 7 nitrogen and oxygen atoms in total. The summed E-state index contributed by atoms with van der Waals surface area (Å²) in [6, 6.07) is 7.61. The summed E-state index contributed by atoms with van der Waals surface area (Å²) < 4.78 is 1.70. The van der Waals surface area contributed by atoms with E-state index in [1.54, 1.807) is 10.8 Å². The summed E-state index contributed by atoms with van der Waals surface area (Å²) >= 11 is 0. The molecule has 0 saturated heterocycles. The number of nitrogens with one attached hydrogen (secondary N) is 2. The van der Waals surface area contributed by atoms with Crippen molar-refractivity contribution < 1.29 is 5.11 Å². The summed E-state index contributed by atoms with van der Waals surface area (Å²) in [4.78, 5) is 22.2. The van der Waals surface area contributed by atoms with E-state index in [4.69, 9.17) is 4.98 Å². The van der Waals surface area contributed by atoms with Gasteiger partial charge in [-0.2, -0.15) is 0 Å². The summed E-state index contributed by atoms with van der Waals surface area (Å²) in [5.41, 5.74) is 1.01. The number of hydrogen-bond acceptors (Lipinski definition) is 6. The number of rotatable bonds is 5. The molecular weight excluding hydrogens is 366 g/mol. The standard InChI is InChI=1S/C22H27N5O2/c1-13(2)27-10-8-15-12-19(25-18-11-14(3)7-9-23-18)26-21(20(15)22(27)29)24-16-5-4-6-17(16)28/h7-13,16-17,28H,4-6H2,1-3H3,(H2,23,24,25,26). The number of nitrogens with zero attached hydrogens (tertiary/aromatic N) is 3. The average molecular weight is 393 g/mol. The van der Waals surface area contributed by atoms with E-state index in [1.807, 2.05) is 51.2 Å². The van der Waals surface area contributed by atoms with E-state index in [0.29, 0.717) is 22.8 Å². The number of anilines is 3. The molecule has 0 radical (unpaired) electrons. The van der Waals surface area contributed by atoms with E-state index < -0.39 is 6.10 Å². The molecule has 3 heterocycles. The van der Waals surface area contributed by atoms with Crippen LogP contribution in [0, 0.1) is 6.92 Å². The lowest BCUT2D eigenvalue weighted by Crippen LogP contribution is -2.30. The van der Waals surface area contributed by atoms with Gasteiger partial charge in [0.2, 0.25) is 0 Å². The van der Waals surface area contributed by atoms with Gasteiger partial charge in [-0.05, 0) is 75.2 Å². The van der Waals surface area contributed by atoms with Gasteiger partial charge < -0.3 is 20.3 Å². The third-order valence-electron chi connectivity index (χ3n) is 5.44. The highest BCUT2D eigenvalue weighted by Gasteiger charge is 2.26. The Kier molecular flexibility index (Phi) is 5.24. The predicted molar refractivity (Wildman–Crippen MR) is 116 cm³/mol. The maximum Gasteiger partial charge on any atom is 0.262 e. The Bertz CT molecular complexity index is 1090. The molecule has 2 unspecified atom stereocenters. The molecule has 2 atom stereocenters. The third kappa shape index (κ3) is 3.96. The van der Waals surface area contributed by atoms with Crippen LogP contribution in [0.15, 0.2) is 41.5 Å². The molecule has 0 amide bonds. The van der Waals surface area contributed by atoms with Gasteiger partial charge in [0.25, 0.3) is 5.56 Å². The minimum atomic E-state index is -0.432. The summed E-state index contributed by atoms with van der Waals surface area (Å²) in [7, 11) is 0. The lowest BCUT2D eigenvalue weighted by molar-refractivity contribution is 0.171. The minimum Gasteiger partial charge on any atom is -0.391 e. The average Bonchev–Trinajstić information content (AvgIpc) is 3.06. The molecule has 3 aromatic heterocycles. The molecule has 29 heavy (non-hydrogen) atoms. The van der Waals surface area contributed by atoms with E-state index in [1.165, 1.54) is 0 Å². The van der Waals surface area contributed by atoms with Crippen LogP contribution in [-0.4, -0.2) is 31.8 Å². The Morgan fingerprint density at radius 3 is 2.72 bits per heavy atom. The zero-order valence-corrected chi connectivity index (χ0v) is 17.0. The molecule has 1 fully saturated rings. The van der Waals surface area contributed by atoms with Crippen LogP contribution in [0.5, 0.6) is 0 Å². The van der Waals surface area contributed by atoms with E-state index in [0.717, 1.165) is 30.2 Å². The van der Waals surface area contributed by atoms with E-state index in [2.05, 4.69) is 15.6 Å². The molecule has 7 heteroatoms. The Morgan fingerprint density at radius 2 is 2.03 bits per heavy atom. The minimum absolute atomic E-state index is 0.0473. The fourth-order valence-electron chi connectivity index (χ4n) is 3.87. The summed E-state index contributed by atoms with van der Waals surface area (Å²) in [5.74, 6) is 1.80. The Hall–Kier alpha value is -2.93. The molecule has 0 spiro atoms. The highest BCUT2D eigenvalue weighted by Crippen LogP contribution is 2.28. The Morgan fingerprint density at radius 1 is 1.21 bits per heavy atom. The van der Waals surface area contributed by atoms with Crippen LogP contribution in [0.3, 0.4) is 0 Å². The van der Waals surface area contributed by atoms with Crippen LogP contribution in [0.2, 0.25) is 0 Å². The van der Waals surface area contributed by atoms with Crippen molar-refractivity contribution >= 4 is 28.2 Å². The second-order valence-corrected chi connectivity index (χ2v) is 8.03. The fraction of sp³-hybridized carbons (Fsp3) is 0.409. The van der Waals surface area contributed by atoms with E-state index in [9.17, 15) is 9.90 Å². The van der Waals surface area contributed by atoms with Gasteiger partial charge in [0, 0.05) is 18.4 Å². The van der Waals surface area contributed by atoms with Crippen molar-refractivity contribution in [1.82, 2.24) is 14.5 Å². The Balaban J connectivity index is 1.82. The van der Waals surface area contributed by atoms with Gasteiger partial charge in [-0.25, -0.2) is 9.97 Å². The SMILES string of the molecule is Cc1ccnc(Nc2cc3ccn(C(C)C)c(=O)c3c(NC3CCCC3O)n2)c1. The predicted octanol–water partition coefficient (Wildman–Crippen LogP) is 3.75. The molecule has 4 rings (SSSR count). The monoisotopic (exact) mass is 393 g/mol. The number of fused-ring (bicyclic) bond motifs is 1. The third-order valence-corrected chi connectivity index (χ3v) is 5.44. The van der Waals surface area contributed by atoms with Crippen molar-refractivity contribution in [2.24, 2.45) is 0 Å². The van der Waals surface area contributed by atoms with Crippen LogP contribution < -0.4 is 16.2 Å². The fourth-order valence-corrected chi connectivity index (χ4v) is 3.87. The van der Waals surface area contributed by atoms with Gasteiger partial charge in [0.05, 0.1) is 17.5 Å². The van der Waals surface area contributed by atoms with Crippen molar-refractivity contribution in [3.8, 4) is 0 Å². The molecule has 152 valence electrons. The quantitative estimate of drug-likeness (QED) is 0.611. The first-order valence-electron chi connectivity index (χ1n) is 10.1. The molecule has 1 saturated carbocycles. The van der Waals surface area contributed by atoms with Gasteiger partial charge in [0.15, 0.2) is 0 Å². The number of aliphatic hydroxyl groups is 1. The highest BCUT2D eigenvalue weighted by molar-refractivity contribution is 5.93. The van der Waals surface area contributed by atoms with Crippen molar-refractivity contribution in [2.75, 3.05) is 10.6 Å². The van der Waals surface area contributed by atoms with Crippen LogP contribution in [0.4, 0.5) is 17.5 Å². The summed E-state index contributed by atoms with van der Waals surface area (Å²) in [6.07, 6.45) is 5.70. The van der Waals surface area contributed by atoms with E-state index in [-0.39, 0.29) is 17.6 Å². The van der Waals surface area contributed by atoms with Crippen molar-refractivity contribution in [2.45, 2.75) is 58.2 Å². The zero-order chi connectivity index (χ0) is 20.5. The number of aliphatic hydroxyl groups excluding tert-OH is 1. The normalized spacial score (nSPS) is 19.1. The number of hydrogen-bond donors (Lipinski definition) is 3. The first-order chi connectivity index (χ1) is 13.9. The number of aromatic nitrogens is 3. The smallest absolute Gasteiger partial charge is 0.262 e. The van der Waals surface area contributed by atoms with Crippen LogP contribution in [-0.2, 0) is 0 Å². The Labute approximate surface area is 169 Å². The second kappa shape index (κ2) is 7.83. The molecule has 0 bridgehead atoms. The van der Waals surface area contributed by atoms with Crippen molar-refractivity contribution in [3.63, 3.8) is 0 Å². The molecule has 3 aromatic rings. The van der Waals surface area contributed by atoms with Crippen LogP contribution in [0.25, 0.3) is 10.8 Å². The van der Waals surface area contributed by atoms with Crippen molar-refractivity contribution in [3.05, 3.63) is 52.6 Å². The highest BCUT2D eigenvalue weighted by atomic mass is 16.3. The lowest BCUT2D eigenvalue weighted by atomic mass is 10.1. The second-order valence-electron chi connectivity index (χ2n) is 8.03. The molecule has 0 aliphatic heterocycles. The zero-order valence-electron chi connectivity index (χ0n) is 17.0. The largest absolute Gasteiger partial charge is 0.391 e. The lowest BCUT2D eigenvalue weighted by Gasteiger charge is -2.20. The van der Waals surface area contributed by atoms with Gasteiger partial charge in [-0.1, -0.05) is 0 Å². The molecule has 0 aromatic carbocycles. The van der Waals surface area contributed by atoms with Crippen molar-refractivity contribution in [1.29, 1.82) is 0 Å². The summed E-state index contributed by atoms with van der Waals surface area (Å²) in [6.45, 7) is 5.96. The number of aryl methyl sites for hydroxylation is 1. The molecule has 1 aliphatic carbocycles. The van der Waals surface area contributed by atoms with Crippen LogP contribution in [0.1, 0.15) is 44.7 Å². The molecule has 3 N–H and O–H groups in total. The molecular formula is C22H27N5O2. The summed E-state index contributed by atoms with van der Waals surface area (Å²) in [5, 5.41) is 18.2. The maximum atomic E-state index is 13.1. The maximum absolute atomic E-state index is 13.1. The number of pyridine rings is 3. The topological polar surface area (TPSA) is 92.1 Å². The first-order valence-corrected chi connectivity index (χ1v) is 10.1. The van der Waals surface area contributed by atoms with Gasteiger partial charge in [0.1, 0.15) is 17.5 Å².